The smallest absolute Gasteiger partial charge is 0.178 e. The highest BCUT2D eigenvalue weighted by atomic mass is 35.5. The molecule has 1 heterocycles. The number of rotatable bonds is 7. The Morgan fingerprint density at radius 2 is 1.81 bits per heavy atom. The molecule has 1 saturated heterocycles. The van der Waals surface area contributed by atoms with E-state index >= 15 is 0 Å². The standard InChI is InChI=1S/C21H27ClN2O2S/c1-2-24-14-13-23-16-21(24)18-7-11-20(12-8-18)27(25,26)15-3-4-17-5-9-19(22)10-6-17/h5-12,21,23H,2-4,13-16H2,1H3. The second-order valence-electron chi connectivity index (χ2n) is 6.97. The van der Waals surface area contributed by atoms with Gasteiger partial charge in [0.2, 0.25) is 0 Å². The zero-order chi connectivity index (χ0) is 19.3. The Morgan fingerprint density at radius 3 is 2.48 bits per heavy atom. The zero-order valence-corrected chi connectivity index (χ0v) is 17.3. The quantitative estimate of drug-likeness (QED) is 0.761. The van der Waals surface area contributed by atoms with Crippen LogP contribution in [0.1, 0.15) is 30.5 Å². The third-order valence-electron chi connectivity index (χ3n) is 5.18. The summed E-state index contributed by atoms with van der Waals surface area (Å²) >= 11 is 5.88. The summed E-state index contributed by atoms with van der Waals surface area (Å²) in [4.78, 5) is 2.83. The predicted octanol–water partition coefficient (Wildman–Crippen LogP) is 3.71. The number of sulfone groups is 1. The van der Waals surface area contributed by atoms with E-state index < -0.39 is 9.84 Å². The molecule has 1 aliphatic heterocycles. The van der Waals surface area contributed by atoms with E-state index in [1.54, 1.807) is 12.1 Å². The molecule has 4 nitrogen and oxygen atoms in total. The first-order valence-corrected chi connectivity index (χ1v) is 11.5. The van der Waals surface area contributed by atoms with Crippen LogP contribution in [-0.4, -0.2) is 45.2 Å². The number of nitrogens with one attached hydrogen (secondary N) is 1. The minimum atomic E-state index is -3.26. The van der Waals surface area contributed by atoms with Crippen molar-refractivity contribution in [2.24, 2.45) is 0 Å². The molecule has 0 aliphatic carbocycles. The first kappa shape index (κ1) is 20.3. The van der Waals surface area contributed by atoms with Crippen LogP contribution >= 0.6 is 11.6 Å². The van der Waals surface area contributed by atoms with E-state index in [9.17, 15) is 8.42 Å². The highest BCUT2D eigenvalue weighted by Gasteiger charge is 2.23. The predicted molar refractivity (Wildman–Crippen MR) is 111 cm³/mol. The van der Waals surface area contributed by atoms with Gasteiger partial charge in [0.15, 0.2) is 9.84 Å². The van der Waals surface area contributed by atoms with Crippen LogP contribution in [0.2, 0.25) is 5.02 Å². The van der Waals surface area contributed by atoms with Crippen molar-refractivity contribution in [3.8, 4) is 0 Å². The molecule has 3 rings (SSSR count). The van der Waals surface area contributed by atoms with Crippen molar-refractivity contribution in [1.82, 2.24) is 10.2 Å². The first-order valence-electron chi connectivity index (χ1n) is 9.51. The summed E-state index contributed by atoms with van der Waals surface area (Å²) in [6.45, 7) is 6.09. The lowest BCUT2D eigenvalue weighted by molar-refractivity contribution is 0.171. The van der Waals surface area contributed by atoms with Gasteiger partial charge in [-0.3, -0.25) is 4.90 Å². The van der Waals surface area contributed by atoms with Crippen LogP contribution in [0.15, 0.2) is 53.4 Å². The third kappa shape index (κ3) is 5.32. The van der Waals surface area contributed by atoms with Crippen LogP contribution in [0, 0.1) is 0 Å². The molecule has 0 amide bonds. The van der Waals surface area contributed by atoms with Gasteiger partial charge in [0.05, 0.1) is 10.6 Å². The Balaban J connectivity index is 1.61. The second kappa shape index (κ2) is 9.20. The van der Waals surface area contributed by atoms with E-state index in [4.69, 9.17) is 11.6 Å². The number of aryl methyl sites for hydroxylation is 1. The van der Waals surface area contributed by atoms with Gasteiger partial charge in [0.1, 0.15) is 0 Å². The Bertz CT molecular complexity index is 835. The topological polar surface area (TPSA) is 49.4 Å². The molecular formula is C21H27ClN2O2S. The minimum Gasteiger partial charge on any atom is -0.314 e. The molecule has 1 aliphatic rings. The summed E-state index contributed by atoms with van der Waals surface area (Å²) in [6, 6.07) is 15.3. The molecule has 1 fully saturated rings. The van der Waals surface area contributed by atoms with E-state index in [-0.39, 0.29) is 5.75 Å². The molecule has 1 unspecified atom stereocenters. The van der Waals surface area contributed by atoms with E-state index in [1.807, 2.05) is 36.4 Å². The molecule has 6 heteroatoms. The monoisotopic (exact) mass is 406 g/mol. The highest BCUT2D eigenvalue weighted by Crippen LogP contribution is 2.24. The Kier molecular flexibility index (Phi) is 6.93. The van der Waals surface area contributed by atoms with Crippen molar-refractivity contribution in [3.05, 3.63) is 64.7 Å². The van der Waals surface area contributed by atoms with Gasteiger partial charge < -0.3 is 5.32 Å². The van der Waals surface area contributed by atoms with Crippen molar-refractivity contribution < 1.29 is 8.42 Å². The van der Waals surface area contributed by atoms with Crippen molar-refractivity contribution in [2.45, 2.75) is 30.7 Å². The summed E-state index contributed by atoms with van der Waals surface area (Å²) in [5.74, 6) is 0.154. The van der Waals surface area contributed by atoms with Crippen LogP contribution in [0.25, 0.3) is 0 Å². The average Bonchev–Trinajstić information content (AvgIpc) is 2.69. The maximum atomic E-state index is 12.6. The number of hydrogen-bond donors (Lipinski definition) is 1. The van der Waals surface area contributed by atoms with Crippen molar-refractivity contribution in [1.29, 1.82) is 0 Å². The zero-order valence-electron chi connectivity index (χ0n) is 15.7. The van der Waals surface area contributed by atoms with Crippen molar-refractivity contribution >= 4 is 21.4 Å². The molecule has 0 radical (unpaired) electrons. The molecule has 0 spiro atoms. The second-order valence-corrected chi connectivity index (χ2v) is 9.51. The molecule has 0 bridgehead atoms. The van der Waals surface area contributed by atoms with Gasteiger partial charge in [-0.05, 0) is 54.8 Å². The molecule has 2 aromatic carbocycles. The number of piperazine rings is 1. The normalized spacial score (nSPS) is 18.5. The molecular weight excluding hydrogens is 380 g/mol. The molecule has 1 N–H and O–H groups in total. The van der Waals surface area contributed by atoms with Gasteiger partial charge in [-0.1, -0.05) is 42.8 Å². The number of benzene rings is 2. The van der Waals surface area contributed by atoms with Gasteiger partial charge in [-0.15, -0.1) is 0 Å². The minimum absolute atomic E-state index is 0.154. The summed E-state index contributed by atoms with van der Waals surface area (Å²) < 4.78 is 25.3. The maximum Gasteiger partial charge on any atom is 0.178 e. The fourth-order valence-electron chi connectivity index (χ4n) is 3.59. The molecule has 0 aromatic heterocycles. The Hall–Kier alpha value is -1.40. The Morgan fingerprint density at radius 1 is 1.11 bits per heavy atom. The van der Waals surface area contributed by atoms with Crippen LogP contribution < -0.4 is 5.32 Å². The van der Waals surface area contributed by atoms with E-state index in [1.165, 1.54) is 5.56 Å². The van der Waals surface area contributed by atoms with Gasteiger partial charge in [-0.25, -0.2) is 8.42 Å². The number of likely N-dealkylation sites (N-methyl/N-ethyl adjacent to an activating group) is 1. The largest absolute Gasteiger partial charge is 0.314 e. The molecule has 146 valence electrons. The first-order chi connectivity index (χ1) is 13.0. The van der Waals surface area contributed by atoms with E-state index in [2.05, 4.69) is 17.1 Å². The van der Waals surface area contributed by atoms with Crippen LogP contribution in [0.3, 0.4) is 0 Å². The maximum absolute atomic E-state index is 12.6. The summed E-state index contributed by atoms with van der Waals surface area (Å²) in [7, 11) is -3.26. The Labute approximate surface area is 167 Å². The lowest BCUT2D eigenvalue weighted by atomic mass is 10.0. The lowest BCUT2D eigenvalue weighted by Crippen LogP contribution is -2.45. The van der Waals surface area contributed by atoms with Crippen LogP contribution in [0.5, 0.6) is 0 Å². The SMILES string of the molecule is CCN1CCNCC1c1ccc(S(=O)(=O)CCCc2ccc(Cl)cc2)cc1. The summed E-state index contributed by atoms with van der Waals surface area (Å²) in [5, 5.41) is 4.12. The van der Waals surface area contributed by atoms with Crippen molar-refractivity contribution in [3.63, 3.8) is 0 Å². The summed E-state index contributed by atoms with van der Waals surface area (Å²) in [6.07, 6.45) is 1.33. The number of halogens is 1. The molecule has 27 heavy (non-hydrogen) atoms. The summed E-state index contributed by atoms with van der Waals surface area (Å²) in [5.41, 5.74) is 2.28. The fraction of sp³-hybridized carbons (Fsp3) is 0.429. The molecule has 1 atom stereocenters. The van der Waals surface area contributed by atoms with Crippen LogP contribution in [-0.2, 0) is 16.3 Å². The molecule has 0 saturated carbocycles. The third-order valence-corrected chi connectivity index (χ3v) is 7.24. The number of hydrogen-bond acceptors (Lipinski definition) is 4. The fourth-order valence-corrected chi connectivity index (χ4v) is 5.02. The van der Waals surface area contributed by atoms with Gasteiger partial charge in [0.25, 0.3) is 0 Å². The van der Waals surface area contributed by atoms with E-state index in [0.717, 1.165) is 38.2 Å². The lowest BCUT2D eigenvalue weighted by Gasteiger charge is -2.35. The van der Waals surface area contributed by atoms with E-state index in [0.29, 0.717) is 22.4 Å². The van der Waals surface area contributed by atoms with Gasteiger partial charge in [0, 0.05) is 30.7 Å². The highest BCUT2D eigenvalue weighted by molar-refractivity contribution is 7.91. The average molecular weight is 407 g/mol. The van der Waals surface area contributed by atoms with Crippen molar-refractivity contribution in [2.75, 3.05) is 31.9 Å². The molecule has 2 aromatic rings. The van der Waals surface area contributed by atoms with Gasteiger partial charge >= 0.3 is 0 Å². The number of nitrogens with zero attached hydrogens (tertiary/aromatic N) is 1. The van der Waals surface area contributed by atoms with Crippen LogP contribution in [0.4, 0.5) is 0 Å². The van der Waals surface area contributed by atoms with Gasteiger partial charge in [-0.2, -0.15) is 0 Å².